The first-order valence-electron chi connectivity index (χ1n) is 6.81. The number of carbonyl (C=O) groups is 2. The van der Waals surface area contributed by atoms with Crippen LogP contribution in [0, 0.1) is 0 Å². The lowest BCUT2D eigenvalue weighted by molar-refractivity contribution is -0.156. The van der Waals surface area contributed by atoms with Crippen molar-refractivity contribution in [1.82, 2.24) is 4.90 Å². The second-order valence-corrected chi connectivity index (χ2v) is 6.50. The number of β-amino-alcohol motifs (C(OH)–C–C–N with tert-alkyl or cyclic N) is 1. The van der Waals surface area contributed by atoms with E-state index in [1.54, 1.807) is 32.6 Å². The van der Waals surface area contributed by atoms with Crippen LogP contribution in [0.2, 0.25) is 0 Å². The Labute approximate surface area is 114 Å². The highest BCUT2D eigenvalue weighted by Crippen LogP contribution is 2.21. The van der Waals surface area contributed by atoms with Gasteiger partial charge in [0, 0.05) is 19.5 Å². The molecule has 0 aliphatic carbocycles. The smallest absolute Gasteiger partial charge is 0.306 e. The quantitative estimate of drug-likeness (QED) is 0.790. The average Bonchev–Trinajstić information content (AvgIpc) is 2.22. The van der Waals surface area contributed by atoms with Gasteiger partial charge in [-0.1, -0.05) is 0 Å². The molecule has 0 radical (unpaired) electrons. The zero-order valence-corrected chi connectivity index (χ0v) is 12.4. The van der Waals surface area contributed by atoms with E-state index in [0.717, 1.165) is 6.42 Å². The normalized spacial score (nSPS) is 24.2. The van der Waals surface area contributed by atoms with E-state index in [9.17, 15) is 14.7 Å². The number of nitrogens with zero attached hydrogens (tertiary/aromatic N) is 1. The molecule has 1 atom stereocenters. The molecule has 1 saturated heterocycles. The van der Waals surface area contributed by atoms with Crippen molar-refractivity contribution in [1.29, 1.82) is 0 Å². The summed E-state index contributed by atoms with van der Waals surface area (Å²) in [5, 5.41) is 9.94. The van der Waals surface area contributed by atoms with Gasteiger partial charge in [0.25, 0.3) is 0 Å². The fourth-order valence-electron chi connectivity index (χ4n) is 2.19. The number of piperidine rings is 1. The molecule has 0 spiro atoms. The third-order valence-electron chi connectivity index (χ3n) is 2.99. The van der Waals surface area contributed by atoms with E-state index < -0.39 is 11.2 Å². The first-order chi connectivity index (χ1) is 8.59. The van der Waals surface area contributed by atoms with Crippen LogP contribution in [-0.2, 0) is 14.3 Å². The Morgan fingerprint density at radius 1 is 1.32 bits per heavy atom. The molecule has 0 aromatic carbocycles. The van der Waals surface area contributed by atoms with Crippen molar-refractivity contribution < 1.29 is 19.4 Å². The molecule has 1 N–H and O–H groups in total. The van der Waals surface area contributed by atoms with E-state index >= 15 is 0 Å². The predicted octanol–water partition coefficient (Wildman–Crippen LogP) is 1.48. The van der Waals surface area contributed by atoms with Crippen LogP contribution in [-0.4, -0.2) is 46.2 Å². The lowest BCUT2D eigenvalue weighted by atomic mass is 9.95. The molecule has 0 saturated carbocycles. The van der Waals surface area contributed by atoms with Gasteiger partial charge < -0.3 is 14.7 Å². The van der Waals surface area contributed by atoms with Crippen molar-refractivity contribution in [3.8, 4) is 0 Å². The number of amides is 1. The molecule has 0 aromatic rings. The minimum absolute atomic E-state index is 0.0918. The topological polar surface area (TPSA) is 66.8 Å². The van der Waals surface area contributed by atoms with Crippen LogP contribution in [0.5, 0.6) is 0 Å². The van der Waals surface area contributed by atoms with Crippen molar-refractivity contribution in [2.75, 3.05) is 13.1 Å². The van der Waals surface area contributed by atoms with Gasteiger partial charge in [0.05, 0.1) is 12.0 Å². The minimum Gasteiger partial charge on any atom is -0.460 e. The van der Waals surface area contributed by atoms with Gasteiger partial charge in [-0.25, -0.2) is 0 Å². The molecule has 110 valence electrons. The monoisotopic (exact) mass is 271 g/mol. The third-order valence-corrected chi connectivity index (χ3v) is 2.99. The molecule has 1 fully saturated rings. The molecule has 1 aliphatic rings. The molecule has 5 nitrogen and oxygen atoms in total. The van der Waals surface area contributed by atoms with Gasteiger partial charge in [-0.05, 0) is 40.5 Å². The van der Waals surface area contributed by atoms with Gasteiger partial charge in [0.1, 0.15) is 5.60 Å². The van der Waals surface area contributed by atoms with Crippen LogP contribution in [0.3, 0.4) is 0 Å². The first-order valence-corrected chi connectivity index (χ1v) is 6.81. The third kappa shape index (κ3) is 6.05. The standard InChI is InChI=1S/C14H25NO4/c1-13(2,3)19-12(17)7-6-11(16)15-9-5-8-14(4,18)10-15/h18H,5-10H2,1-4H3. The first kappa shape index (κ1) is 16.0. The number of aliphatic hydroxyl groups is 1. The second-order valence-electron chi connectivity index (χ2n) is 6.50. The highest BCUT2D eigenvalue weighted by atomic mass is 16.6. The number of carbonyl (C=O) groups excluding carboxylic acids is 2. The minimum atomic E-state index is -0.806. The van der Waals surface area contributed by atoms with Crippen LogP contribution in [0.25, 0.3) is 0 Å². The zero-order chi connectivity index (χ0) is 14.7. The van der Waals surface area contributed by atoms with Gasteiger partial charge in [-0.3, -0.25) is 9.59 Å². The van der Waals surface area contributed by atoms with Crippen LogP contribution in [0.4, 0.5) is 0 Å². The predicted molar refractivity (Wildman–Crippen MR) is 71.5 cm³/mol. The fourth-order valence-corrected chi connectivity index (χ4v) is 2.19. The second kappa shape index (κ2) is 5.90. The largest absolute Gasteiger partial charge is 0.460 e. The van der Waals surface area contributed by atoms with E-state index in [1.807, 2.05) is 0 Å². The Balaban J connectivity index is 2.37. The molecule has 1 heterocycles. The summed E-state index contributed by atoms with van der Waals surface area (Å²) < 4.78 is 5.16. The number of likely N-dealkylation sites (tertiary alicyclic amines) is 1. The van der Waals surface area contributed by atoms with Crippen molar-refractivity contribution in [2.45, 2.75) is 64.6 Å². The van der Waals surface area contributed by atoms with Gasteiger partial charge >= 0.3 is 5.97 Å². The van der Waals surface area contributed by atoms with Gasteiger partial charge in [-0.2, -0.15) is 0 Å². The molecule has 1 unspecified atom stereocenters. The molecule has 1 amide bonds. The van der Waals surface area contributed by atoms with Crippen molar-refractivity contribution >= 4 is 11.9 Å². The van der Waals surface area contributed by atoms with Crippen molar-refractivity contribution in [3.63, 3.8) is 0 Å². The summed E-state index contributed by atoms with van der Waals surface area (Å²) in [6, 6.07) is 0. The van der Waals surface area contributed by atoms with Gasteiger partial charge in [0.2, 0.25) is 5.91 Å². The maximum atomic E-state index is 12.0. The highest BCUT2D eigenvalue weighted by Gasteiger charge is 2.31. The van der Waals surface area contributed by atoms with E-state index in [-0.39, 0.29) is 24.7 Å². The molecule has 0 aromatic heterocycles. The highest BCUT2D eigenvalue weighted by molar-refractivity contribution is 5.81. The summed E-state index contributed by atoms with van der Waals surface area (Å²) in [6.45, 7) is 8.14. The van der Waals surface area contributed by atoms with Crippen LogP contribution in [0.1, 0.15) is 53.4 Å². The fraction of sp³-hybridized carbons (Fsp3) is 0.857. The number of hydrogen-bond acceptors (Lipinski definition) is 4. The summed E-state index contributed by atoms with van der Waals surface area (Å²) in [6.07, 6.45) is 1.74. The van der Waals surface area contributed by atoms with Crippen molar-refractivity contribution in [2.24, 2.45) is 0 Å². The Bertz CT molecular complexity index is 344. The summed E-state index contributed by atoms with van der Waals surface area (Å²) in [7, 11) is 0. The van der Waals surface area contributed by atoms with Crippen LogP contribution in [0.15, 0.2) is 0 Å². The summed E-state index contributed by atoms with van der Waals surface area (Å²) in [4.78, 5) is 25.1. The number of hydrogen-bond donors (Lipinski definition) is 1. The average molecular weight is 271 g/mol. The number of esters is 1. The summed E-state index contributed by atoms with van der Waals surface area (Å²) in [5.41, 5.74) is -1.32. The summed E-state index contributed by atoms with van der Waals surface area (Å²) in [5.74, 6) is -0.449. The van der Waals surface area contributed by atoms with E-state index in [2.05, 4.69) is 0 Å². The lowest BCUT2D eigenvalue weighted by Crippen LogP contribution is -2.48. The zero-order valence-electron chi connectivity index (χ0n) is 12.4. The maximum Gasteiger partial charge on any atom is 0.306 e. The van der Waals surface area contributed by atoms with Gasteiger partial charge in [-0.15, -0.1) is 0 Å². The molecular weight excluding hydrogens is 246 g/mol. The Morgan fingerprint density at radius 3 is 2.47 bits per heavy atom. The van der Waals surface area contributed by atoms with Crippen LogP contribution < -0.4 is 0 Å². The number of rotatable bonds is 3. The van der Waals surface area contributed by atoms with Crippen molar-refractivity contribution in [3.05, 3.63) is 0 Å². The van der Waals surface area contributed by atoms with Gasteiger partial charge in [0.15, 0.2) is 0 Å². The van der Waals surface area contributed by atoms with E-state index in [0.29, 0.717) is 19.5 Å². The molecule has 1 aliphatic heterocycles. The summed E-state index contributed by atoms with van der Waals surface area (Å²) >= 11 is 0. The molecular formula is C14H25NO4. The SMILES string of the molecule is CC1(O)CCCN(C(=O)CCC(=O)OC(C)(C)C)C1. The lowest BCUT2D eigenvalue weighted by Gasteiger charge is -2.36. The molecule has 1 rings (SSSR count). The van der Waals surface area contributed by atoms with E-state index in [4.69, 9.17) is 4.74 Å². The van der Waals surface area contributed by atoms with Crippen LogP contribution >= 0.6 is 0 Å². The maximum absolute atomic E-state index is 12.0. The van der Waals surface area contributed by atoms with E-state index in [1.165, 1.54) is 0 Å². The molecule has 19 heavy (non-hydrogen) atoms. The molecule has 5 heteroatoms. The molecule has 0 bridgehead atoms. The number of ether oxygens (including phenoxy) is 1. The Kier molecular flexibility index (Phi) is 4.96. The Hall–Kier alpha value is -1.10. The Morgan fingerprint density at radius 2 is 1.95 bits per heavy atom.